The molecule has 2 fully saturated rings. The molecular formula is C17H21N3O2. The normalized spacial score (nSPS) is 26.0. The molecule has 0 saturated carbocycles. The minimum atomic E-state index is -0.0533. The average molecular weight is 299 g/mol. The Labute approximate surface area is 129 Å². The van der Waals surface area contributed by atoms with Gasteiger partial charge < -0.3 is 14.6 Å². The van der Waals surface area contributed by atoms with Gasteiger partial charge in [-0.3, -0.25) is 9.69 Å². The summed E-state index contributed by atoms with van der Waals surface area (Å²) >= 11 is 0. The molecule has 2 aromatic rings. The van der Waals surface area contributed by atoms with E-state index in [9.17, 15) is 4.79 Å². The molecule has 0 unspecified atom stereocenters. The third-order valence-corrected chi connectivity index (χ3v) is 4.72. The number of nitrogens with zero attached hydrogens (tertiary/aromatic N) is 2. The minimum absolute atomic E-state index is 0.0533. The Kier molecular flexibility index (Phi) is 3.39. The maximum Gasteiger partial charge on any atom is 0.227 e. The molecule has 1 amide bonds. The van der Waals surface area contributed by atoms with Gasteiger partial charge in [-0.15, -0.1) is 0 Å². The molecule has 5 heteroatoms. The molecule has 2 saturated heterocycles. The quantitative estimate of drug-likeness (QED) is 0.904. The van der Waals surface area contributed by atoms with Gasteiger partial charge in [0.25, 0.3) is 0 Å². The van der Waals surface area contributed by atoms with Crippen LogP contribution in [-0.2, 0) is 23.1 Å². The molecule has 0 radical (unpaired) electrons. The second kappa shape index (κ2) is 5.41. The number of benzene rings is 1. The van der Waals surface area contributed by atoms with Gasteiger partial charge in [0, 0.05) is 43.8 Å². The van der Waals surface area contributed by atoms with Crippen molar-refractivity contribution in [3.8, 4) is 0 Å². The van der Waals surface area contributed by atoms with Crippen LogP contribution < -0.4 is 5.32 Å². The number of hydrogen-bond donors (Lipinski definition) is 1. The smallest absolute Gasteiger partial charge is 0.227 e. The topological polar surface area (TPSA) is 46.5 Å². The maximum atomic E-state index is 12.1. The number of rotatable bonds is 2. The third kappa shape index (κ3) is 2.40. The lowest BCUT2D eigenvalue weighted by Crippen LogP contribution is -2.41. The van der Waals surface area contributed by atoms with Gasteiger partial charge in [0.15, 0.2) is 0 Å². The van der Waals surface area contributed by atoms with Crippen molar-refractivity contribution in [1.82, 2.24) is 14.8 Å². The first-order valence-corrected chi connectivity index (χ1v) is 7.84. The highest BCUT2D eigenvalue weighted by Gasteiger charge is 2.33. The Morgan fingerprint density at radius 2 is 2.18 bits per heavy atom. The van der Waals surface area contributed by atoms with Gasteiger partial charge in [-0.2, -0.15) is 0 Å². The molecule has 4 rings (SSSR count). The summed E-state index contributed by atoms with van der Waals surface area (Å²) in [5.74, 6) is 0.0883. The molecule has 22 heavy (non-hydrogen) atoms. The van der Waals surface area contributed by atoms with Crippen LogP contribution >= 0.6 is 0 Å². The van der Waals surface area contributed by atoms with E-state index in [2.05, 4.69) is 52.3 Å². The number of aryl methyl sites for hydroxylation is 1. The SMILES string of the molecule is Cn1ccc2c(CN3C[C@H]4COC[C@@H](C3)C(=O)N4)cccc21. The summed E-state index contributed by atoms with van der Waals surface area (Å²) in [6.07, 6.45) is 2.10. The van der Waals surface area contributed by atoms with Crippen molar-refractivity contribution in [2.45, 2.75) is 12.6 Å². The molecule has 5 nitrogen and oxygen atoms in total. The fraction of sp³-hybridized carbons (Fsp3) is 0.471. The lowest BCUT2D eigenvalue weighted by Gasteiger charge is -2.27. The number of fused-ring (bicyclic) bond motifs is 4. The first-order valence-electron chi connectivity index (χ1n) is 7.84. The van der Waals surface area contributed by atoms with Crippen molar-refractivity contribution < 1.29 is 9.53 Å². The molecule has 1 aromatic carbocycles. The fourth-order valence-electron chi connectivity index (χ4n) is 3.59. The van der Waals surface area contributed by atoms with Crippen LogP contribution in [0.15, 0.2) is 30.5 Å². The number of hydrogen-bond acceptors (Lipinski definition) is 3. The standard InChI is InChI=1S/C17H21N3O2/c1-19-6-5-15-12(3-2-4-16(15)19)7-20-8-13-10-22-11-14(9-20)18-17(13)21/h2-6,13-14H,7-11H2,1H3,(H,18,21)/t13-,14+/m1/s1. The molecule has 1 N–H and O–H groups in total. The van der Waals surface area contributed by atoms with Gasteiger partial charge in [0.2, 0.25) is 5.91 Å². The second-order valence-electron chi connectivity index (χ2n) is 6.41. The molecule has 0 spiro atoms. The predicted octanol–water partition coefficient (Wildman–Crippen LogP) is 1.13. The van der Waals surface area contributed by atoms with E-state index in [0.717, 1.165) is 19.6 Å². The van der Waals surface area contributed by atoms with E-state index in [1.807, 2.05) is 0 Å². The first kappa shape index (κ1) is 13.8. The molecule has 2 aliphatic rings. The lowest BCUT2D eigenvalue weighted by atomic mass is 10.1. The Morgan fingerprint density at radius 3 is 3.09 bits per heavy atom. The molecule has 2 bridgehead atoms. The Hall–Kier alpha value is -1.85. The number of nitrogens with one attached hydrogen (secondary N) is 1. The van der Waals surface area contributed by atoms with Crippen molar-refractivity contribution >= 4 is 16.8 Å². The van der Waals surface area contributed by atoms with Crippen molar-refractivity contribution in [2.24, 2.45) is 13.0 Å². The van der Waals surface area contributed by atoms with Crippen molar-refractivity contribution in [1.29, 1.82) is 0 Å². The zero-order valence-corrected chi connectivity index (χ0v) is 12.8. The van der Waals surface area contributed by atoms with E-state index >= 15 is 0 Å². The van der Waals surface area contributed by atoms with Crippen LogP contribution in [0.4, 0.5) is 0 Å². The van der Waals surface area contributed by atoms with Crippen molar-refractivity contribution in [3.63, 3.8) is 0 Å². The summed E-state index contributed by atoms with van der Waals surface area (Å²) in [5.41, 5.74) is 2.58. The summed E-state index contributed by atoms with van der Waals surface area (Å²) in [7, 11) is 2.07. The fourth-order valence-corrected chi connectivity index (χ4v) is 3.59. The number of carbonyl (C=O) groups excluding carboxylic acids is 1. The second-order valence-corrected chi connectivity index (χ2v) is 6.41. The molecule has 3 heterocycles. The number of ether oxygens (including phenoxy) is 1. The average Bonchev–Trinajstić information content (AvgIpc) is 2.68. The van der Waals surface area contributed by atoms with E-state index in [1.165, 1.54) is 16.5 Å². The highest BCUT2D eigenvalue weighted by Crippen LogP contribution is 2.23. The van der Waals surface area contributed by atoms with Crippen molar-refractivity contribution in [2.75, 3.05) is 26.3 Å². The number of amides is 1. The van der Waals surface area contributed by atoms with Crippen LogP contribution in [0.3, 0.4) is 0 Å². The molecule has 116 valence electrons. The Balaban J connectivity index is 1.61. The Bertz CT molecular complexity index is 709. The molecule has 1 aromatic heterocycles. The van der Waals surface area contributed by atoms with E-state index in [4.69, 9.17) is 4.74 Å². The zero-order chi connectivity index (χ0) is 15.1. The van der Waals surface area contributed by atoms with Crippen LogP contribution in [0.25, 0.3) is 10.9 Å². The van der Waals surface area contributed by atoms with Crippen LogP contribution in [0.2, 0.25) is 0 Å². The molecular weight excluding hydrogens is 278 g/mol. The van der Waals surface area contributed by atoms with Crippen LogP contribution in [0.5, 0.6) is 0 Å². The van der Waals surface area contributed by atoms with Crippen LogP contribution in [0.1, 0.15) is 5.56 Å². The highest BCUT2D eigenvalue weighted by atomic mass is 16.5. The largest absolute Gasteiger partial charge is 0.378 e. The monoisotopic (exact) mass is 299 g/mol. The number of carbonyl (C=O) groups is 1. The summed E-state index contributed by atoms with van der Waals surface area (Å²) in [4.78, 5) is 14.5. The molecule has 0 aliphatic carbocycles. The summed E-state index contributed by atoms with van der Waals surface area (Å²) in [6, 6.07) is 8.73. The Morgan fingerprint density at radius 1 is 1.27 bits per heavy atom. The van der Waals surface area contributed by atoms with Crippen LogP contribution in [-0.4, -0.2) is 47.7 Å². The maximum absolute atomic E-state index is 12.1. The van der Waals surface area contributed by atoms with E-state index < -0.39 is 0 Å². The van der Waals surface area contributed by atoms with E-state index in [0.29, 0.717) is 13.2 Å². The lowest BCUT2D eigenvalue weighted by molar-refractivity contribution is -0.125. The van der Waals surface area contributed by atoms with Gasteiger partial charge >= 0.3 is 0 Å². The van der Waals surface area contributed by atoms with E-state index in [1.54, 1.807) is 0 Å². The predicted molar refractivity (Wildman–Crippen MR) is 84.4 cm³/mol. The molecule has 2 aliphatic heterocycles. The van der Waals surface area contributed by atoms with Gasteiger partial charge in [-0.1, -0.05) is 12.1 Å². The minimum Gasteiger partial charge on any atom is -0.378 e. The van der Waals surface area contributed by atoms with Gasteiger partial charge in [0.1, 0.15) is 0 Å². The summed E-state index contributed by atoms with van der Waals surface area (Å²) < 4.78 is 7.74. The molecule has 2 atom stereocenters. The number of aromatic nitrogens is 1. The van der Waals surface area contributed by atoms with Gasteiger partial charge in [-0.05, 0) is 17.7 Å². The van der Waals surface area contributed by atoms with E-state index in [-0.39, 0.29) is 17.9 Å². The third-order valence-electron chi connectivity index (χ3n) is 4.72. The highest BCUT2D eigenvalue weighted by molar-refractivity contribution is 5.83. The summed E-state index contributed by atoms with van der Waals surface area (Å²) in [6.45, 7) is 3.66. The van der Waals surface area contributed by atoms with Gasteiger partial charge in [-0.25, -0.2) is 0 Å². The zero-order valence-electron chi connectivity index (χ0n) is 12.8. The van der Waals surface area contributed by atoms with Gasteiger partial charge in [0.05, 0.1) is 25.2 Å². The van der Waals surface area contributed by atoms with Crippen molar-refractivity contribution in [3.05, 3.63) is 36.0 Å². The first-order chi connectivity index (χ1) is 10.7. The van der Waals surface area contributed by atoms with Crippen LogP contribution in [0, 0.1) is 5.92 Å². The summed E-state index contributed by atoms with van der Waals surface area (Å²) in [5, 5.41) is 4.39.